The van der Waals surface area contributed by atoms with Gasteiger partial charge in [-0.1, -0.05) is 43.6 Å². The SMILES string of the molecule is Cc1ccc(-c2nnc(-c3ccc(C(=O)NCc4noc(C(C)(C)C)n4)cc3)o2)cc1. The zero-order valence-electron chi connectivity index (χ0n) is 17.8. The van der Waals surface area contributed by atoms with Crippen LogP contribution in [0.15, 0.2) is 57.5 Å². The lowest BCUT2D eigenvalue weighted by Crippen LogP contribution is -2.23. The molecule has 0 saturated carbocycles. The Balaban J connectivity index is 1.40. The Morgan fingerprint density at radius 1 is 0.935 bits per heavy atom. The molecule has 158 valence electrons. The molecule has 2 heterocycles. The van der Waals surface area contributed by atoms with Crippen LogP contribution in [0, 0.1) is 6.92 Å². The van der Waals surface area contributed by atoms with Crippen molar-refractivity contribution in [2.24, 2.45) is 0 Å². The molecule has 0 atom stereocenters. The lowest BCUT2D eigenvalue weighted by molar-refractivity contribution is 0.0949. The monoisotopic (exact) mass is 417 g/mol. The van der Waals surface area contributed by atoms with E-state index in [1.54, 1.807) is 24.3 Å². The number of nitrogens with one attached hydrogen (secondary N) is 1. The second-order valence-electron chi connectivity index (χ2n) is 8.30. The van der Waals surface area contributed by atoms with Crippen molar-refractivity contribution < 1.29 is 13.7 Å². The van der Waals surface area contributed by atoms with Crippen molar-refractivity contribution in [1.29, 1.82) is 0 Å². The number of amides is 1. The lowest BCUT2D eigenvalue weighted by Gasteiger charge is -2.10. The molecule has 0 saturated heterocycles. The molecule has 0 bridgehead atoms. The van der Waals surface area contributed by atoms with Gasteiger partial charge >= 0.3 is 0 Å². The van der Waals surface area contributed by atoms with Gasteiger partial charge in [0.2, 0.25) is 17.7 Å². The fourth-order valence-electron chi connectivity index (χ4n) is 2.81. The highest BCUT2D eigenvalue weighted by atomic mass is 16.5. The smallest absolute Gasteiger partial charge is 0.251 e. The van der Waals surface area contributed by atoms with Crippen molar-refractivity contribution in [2.45, 2.75) is 39.7 Å². The number of nitrogens with zero attached hydrogens (tertiary/aromatic N) is 4. The number of aryl methyl sites for hydroxylation is 1. The van der Waals surface area contributed by atoms with Crippen LogP contribution in [0.2, 0.25) is 0 Å². The van der Waals surface area contributed by atoms with Crippen molar-refractivity contribution in [3.63, 3.8) is 0 Å². The molecule has 8 heteroatoms. The minimum atomic E-state index is -0.237. The van der Waals surface area contributed by atoms with Gasteiger partial charge in [0, 0.05) is 22.1 Å². The first kappa shape index (κ1) is 20.5. The molecule has 4 aromatic rings. The van der Waals surface area contributed by atoms with Crippen LogP contribution in [0.25, 0.3) is 22.9 Å². The highest BCUT2D eigenvalue weighted by Crippen LogP contribution is 2.24. The Morgan fingerprint density at radius 2 is 1.52 bits per heavy atom. The molecule has 31 heavy (non-hydrogen) atoms. The van der Waals surface area contributed by atoms with E-state index in [4.69, 9.17) is 8.94 Å². The van der Waals surface area contributed by atoms with Gasteiger partial charge in [-0.25, -0.2) is 0 Å². The molecule has 0 spiro atoms. The van der Waals surface area contributed by atoms with Crippen molar-refractivity contribution in [2.75, 3.05) is 0 Å². The molecule has 0 aliphatic carbocycles. The van der Waals surface area contributed by atoms with Gasteiger partial charge in [0.25, 0.3) is 5.91 Å². The minimum Gasteiger partial charge on any atom is -0.416 e. The second-order valence-corrected chi connectivity index (χ2v) is 8.30. The molecule has 1 N–H and O–H groups in total. The summed E-state index contributed by atoms with van der Waals surface area (Å²) in [7, 11) is 0. The summed E-state index contributed by atoms with van der Waals surface area (Å²) in [6.45, 7) is 8.16. The standard InChI is InChI=1S/C23H23N5O3/c1-14-5-7-16(8-6-14)20-26-27-21(30-20)17-11-9-15(10-12-17)19(29)24-13-18-25-22(31-28-18)23(2,3)4/h5-12H,13H2,1-4H3,(H,24,29). The van der Waals surface area contributed by atoms with Gasteiger partial charge in [-0.05, 0) is 43.3 Å². The summed E-state index contributed by atoms with van der Waals surface area (Å²) in [6.07, 6.45) is 0. The maximum absolute atomic E-state index is 12.4. The average Bonchev–Trinajstić information content (AvgIpc) is 3.43. The van der Waals surface area contributed by atoms with Crippen molar-refractivity contribution >= 4 is 5.91 Å². The Labute approximate surface area is 179 Å². The van der Waals surface area contributed by atoms with Crippen LogP contribution in [0.3, 0.4) is 0 Å². The van der Waals surface area contributed by atoms with Crippen LogP contribution < -0.4 is 5.32 Å². The summed E-state index contributed by atoms with van der Waals surface area (Å²) < 4.78 is 11.0. The summed E-state index contributed by atoms with van der Waals surface area (Å²) >= 11 is 0. The number of aromatic nitrogens is 4. The van der Waals surface area contributed by atoms with Gasteiger partial charge in [0.15, 0.2) is 5.82 Å². The summed E-state index contributed by atoms with van der Waals surface area (Å²) in [5.41, 5.74) is 3.01. The van der Waals surface area contributed by atoms with E-state index in [1.165, 1.54) is 0 Å². The predicted molar refractivity (Wildman–Crippen MR) is 114 cm³/mol. The first-order valence-corrected chi connectivity index (χ1v) is 9.92. The van der Waals surface area contributed by atoms with Crippen LogP contribution in [0.4, 0.5) is 0 Å². The third-order valence-corrected chi connectivity index (χ3v) is 4.63. The Bertz CT molecular complexity index is 1190. The quantitative estimate of drug-likeness (QED) is 0.515. The van der Waals surface area contributed by atoms with Crippen molar-refractivity contribution in [3.05, 3.63) is 71.4 Å². The highest BCUT2D eigenvalue weighted by molar-refractivity contribution is 5.94. The van der Waals surface area contributed by atoms with Crippen LogP contribution in [-0.4, -0.2) is 26.2 Å². The van der Waals surface area contributed by atoms with E-state index < -0.39 is 0 Å². The molecule has 4 rings (SSSR count). The number of benzene rings is 2. The molecule has 2 aromatic carbocycles. The molecule has 0 fully saturated rings. The first-order chi connectivity index (χ1) is 14.8. The zero-order chi connectivity index (χ0) is 22.0. The van der Waals surface area contributed by atoms with Gasteiger partial charge in [0.1, 0.15) is 0 Å². The largest absolute Gasteiger partial charge is 0.416 e. The van der Waals surface area contributed by atoms with Crippen molar-refractivity contribution in [1.82, 2.24) is 25.7 Å². The zero-order valence-corrected chi connectivity index (χ0v) is 17.8. The summed E-state index contributed by atoms with van der Waals surface area (Å²) in [6, 6.07) is 14.8. The third-order valence-electron chi connectivity index (χ3n) is 4.63. The van der Waals surface area contributed by atoms with E-state index >= 15 is 0 Å². The van der Waals surface area contributed by atoms with Crippen LogP contribution >= 0.6 is 0 Å². The van der Waals surface area contributed by atoms with E-state index in [0.29, 0.717) is 29.1 Å². The Kier molecular flexibility index (Phi) is 5.37. The molecule has 8 nitrogen and oxygen atoms in total. The average molecular weight is 417 g/mol. The molecular formula is C23H23N5O3. The summed E-state index contributed by atoms with van der Waals surface area (Å²) in [4.78, 5) is 16.8. The molecule has 0 aliphatic heterocycles. The first-order valence-electron chi connectivity index (χ1n) is 9.92. The Hall–Kier alpha value is -3.81. The molecule has 0 unspecified atom stereocenters. The summed E-state index contributed by atoms with van der Waals surface area (Å²) in [5, 5.41) is 14.9. The fourth-order valence-corrected chi connectivity index (χ4v) is 2.81. The number of hydrogen-bond donors (Lipinski definition) is 1. The number of hydrogen-bond acceptors (Lipinski definition) is 7. The van der Waals surface area contributed by atoms with Gasteiger partial charge < -0.3 is 14.3 Å². The third kappa shape index (κ3) is 4.69. The minimum absolute atomic E-state index is 0.184. The normalized spacial score (nSPS) is 11.5. The van der Waals surface area contributed by atoms with Gasteiger partial charge in [-0.3, -0.25) is 4.79 Å². The maximum Gasteiger partial charge on any atom is 0.251 e. The van der Waals surface area contributed by atoms with Crippen molar-refractivity contribution in [3.8, 4) is 22.9 Å². The summed E-state index contributed by atoms with van der Waals surface area (Å²) in [5.74, 6) is 1.57. The van der Waals surface area contributed by atoms with E-state index in [2.05, 4.69) is 25.7 Å². The van der Waals surface area contributed by atoms with Gasteiger partial charge in [-0.15, -0.1) is 10.2 Å². The second kappa shape index (κ2) is 8.14. The fraction of sp³-hybridized carbons (Fsp3) is 0.261. The number of carbonyl (C=O) groups is 1. The predicted octanol–water partition coefficient (Wildman–Crippen LogP) is 4.32. The molecule has 2 aromatic heterocycles. The number of carbonyl (C=O) groups excluding carboxylic acids is 1. The van der Waals surface area contributed by atoms with Crippen LogP contribution in [-0.2, 0) is 12.0 Å². The van der Waals surface area contributed by atoms with E-state index in [1.807, 2.05) is 52.0 Å². The topological polar surface area (TPSA) is 107 Å². The number of rotatable bonds is 5. The maximum atomic E-state index is 12.4. The van der Waals surface area contributed by atoms with Crippen LogP contribution in [0.5, 0.6) is 0 Å². The Morgan fingerprint density at radius 3 is 2.06 bits per heavy atom. The lowest BCUT2D eigenvalue weighted by atomic mass is 9.97. The van der Waals surface area contributed by atoms with Gasteiger partial charge in [0.05, 0.1) is 6.54 Å². The highest BCUT2D eigenvalue weighted by Gasteiger charge is 2.22. The molecule has 0 aliphatic rings. The molecular weight excluding hydrogens is 394 g/mol. The van der Waals surface area contributed by atoms with E-state index in [0.717, 1.165) is 16.7 Å². The van der Waals surface area contributed by atoms with E-state index in [-0.39, 0.29) is 17.9 Å². The van der Waals surface area contributed by atoms with Gasteiger partial charge in [-0.2, -0.15) is 4.98 Å². The van der Waals surface area contributed by atoms with E-state index in [9.17, 15) is 4.79 Å². The molecule has 0 radical (unpaired) electrons. The van der Waals surface area contributed by atoms with Crippen LogP contribution in [0.1, 0.15) is 48.4 Å². The molecule has 1 amide bonds.